The van der Waals surface area contributed by atoms with Gasteiger partial charge in [-0.15, -0.1) is 0 Å². The van der Waals surface area contributed by atoms with Gasteiger partial charge in [0.15, 0.2) is 5.78 Å². The van der Waals surface area contributed by atoms with E-state index >= 15 is 0 Å². The maximum absolute atomic E-state index is 12.5. The third kappa shape index (κ3) is 2.88. The van der Waals surface area contributed by atoms with Crippen LogP contribution in [0, 0.1) is 16.7 Å². The molecule has 3 aliphatic carbocycles. The van der Waals surface area contributed by atoms with Crippen molar-refractivity contribution in [2.75, 3.05) is 6.61 Å². The Bertz CT molecular complexity index is 661. The number of esters is 1. The summed E-state index contributed by atoms with van der Waals surface area (Å²) in [6.07, 6.45) is 8.66. The fourth-order valence-corrected chi connectivity index (χ4v) is 5.70. The van der Waals surface area contributed by atoms with Crippen molar-refractivity contribution in [1.82, 2.24) is 0 Å². The SMILES string of the molecule is CCC1=C[C@]2(O)CC[C@H]3[C@@](C)(COC(C)=O)CCC[C@]3(C)C2=CC1=O. The number of allylic oxidation sites excluding steroid dienone is 2. The van der Waals surface area contributed by atoms with E-state index in [1.165, 1.54) is 6.92 Å². The molecule has 1 N–H and O–H groups in total. The van der Waals surface area contributed by atoms with E-state index in [0.717, 1.165) is 31.3 Å². The van der Waals surface area contributed by atoms with Crippen molar-refractivity contribution >= 4 is 11.8 Å². The number of aliphatic hydroxyl groups is 1. The lowest BCUT2D eigenvalue weighted by molar-refractivity contribution is -0.151. The minimum absolute atomic E-state index is 0.0383. The quantitative estimate of drug-likeness (QED) is 0.791. The van der Waals surface area contributed by atoms with Gasteiger partial charge in [-0.3, -0.25) is 9.59 Å². The summed E-state index contributed by atoms with van der Waals surface area (Å²) in [4.78, 5) is 23.8. The normalized spacial score (nSPS) is 40.5. The molecule has 0 unspecified atom stereocenters. The lowest BCUT2D eigenvalue weighted by atomic mass is 9.46. The summed E-state index contributed by atoms with van der Waals surface area (Å²) in [6, 6.07) is 0. The molecular weight excluding hydrogens is 316 g/mol. The third-order valence-electron chi connectivity index (χ3n) is 6.94. The number of fused-ring (bicyclic) bond motifs is 3. The van der Waals surface area contributed by atoms with Crippen molar-refractivity contribution in [2.24, 2.45) is 16.7 Å². The van der Waals surface area contributed by atoms with E-state index < -0.39 is 5.60 Å². The van der Waals surface area contributed by atoms with Gasteiger partial charge in [-0.2, -0.15) is 0 Å². The Balaban J connectivity index is 1.98. The fraction of sp³-hybridized carbons (Fsp3) is 0.714. The summed E-state index contributed by atoms with van der Waals surface area (Å²) in [7, 11) is 0. The van der Waals surface area contributed by atoms with Crippen LogP contribution in [-0.2, 0) is 14.3 Å². The highest BCUT2D eigenvalue weighted by Gasteiger charge is 2.58. The number of ether oxygens (including phenoxy) is 1. The van der Waals surface area contributed by atoms with Gasteiger partial charge >= 0.3 is 5.97 Å². The van der Waals surface area contributed by atoms with E-state index in [-0.39, 0.29) is 22.6 Å². The van der Waals surface area contributed by atoms with Gasteiger partial charge in [-0.05, 0) is 66.7 Å². The highest BCUT2D eigenvalue weighted by Crippen LogP contribution is 2.63. The van der Waals surface area contributed by atoms with E-state index in [1.54, 1.807) is 6.08 Å². The summed E-state index contributed by atoms with van der Waals surface area (Å²) in [5.74, 6) is 0.0868. The molecule has 0 aromatic heterocycles. The summed E-state index contributed by atoms with van der Waals surface area (Å²) < 4.78 is 5.40. The minimum Gasteiger partial charge on any atom is -0.465 e. The largest absolute Gasteiger partial charge is 0.465 e. The van der Waals surface area contributed by atoms with Crippen molar-refractivity contribution in [1.29, 1.82) is 0 Å². The fourth-order valence-electron chi connectivity index (χ4n) is 5.70. The van der Waals surface area contributed by atoms with Crippen molar-refractivity contribution in [3.63, 3.8) is 0 Å². The predicted octanol–water partition coefficient (Wildman–Crippen LogP) is 3.73. The number of rotatable bonds is 3. The monoisotopic (exact) mass is 346 g/mol. The van der Waals surface area contributed by atoms with E-state index in [1.807, 2.05) is 13.0 Å². The first-order valence-corrected chi connectivity index (χ1v) is 9.49. The zero-order valence-electron chi connectivity index (χ0n) is 15.9. The molecule has 25 heavy (non-hydrogen) atoms. The van der Waals surface area contributed by atoms with Crippen molar-refractivity contribution < 1.29 is 19.4 Å². The van der Waals surface area contributed by atoms with Crippen LogP contribution in [0.3, 0.4) is 0 Å². The van der Waals surface area contributed by atoms with Crippen LogP contribution in [0.25, 0.3) is 0 Å². The second-order valence-electron chi connectivity index (χ2n) is 8.67. The van der Waals surface area contributed by atoms with Gasteiger partial charge in [0.2, 0.25) is 0 Å². The average molecular weight is 346 g/mol. The zero-order chi connectivity index (χ0) is 18.5. The predicted molar refractivity (Wildman–Crippen MR) is 95.8 cm³/mol. The van der Waals surface area contributed by atoms with Crippen LogP contribution in [-0.4, -0.2) is 29.1 Å². The molecule has 3 rings (SSSR count). The Morgan fingerprint density at radius 2 is 2.04 bits per heavy atom. The van der Waals surface area contributed by atoms with Gasteiger partial charge < -0.3 is 9.84 Å². The molecule has 4 atom stereocenters. The van der Waals surface area contributed by atoms with Crippen LogP contribution < -0.4 is 0 Å². The Morgan fingerprint density at radius 3 is 2.68 bits per heavy atom. The molecule has 4 heteroatoms. The first-order chi connectivity index (χ1) is 11.6. The first kappa shape index (κ1) is 18.4. The van der Waals surface area contributed by atoms with Gasteiger partial charge in [0.1, 0.15) is 5.60 Å². The van der Waals surface area contributed by atoms with E-state index in [9.17, 15) is 14.7 Å². The number of ketones is 1. The zero-order valence-corrected chi connectivity index (χ0v) is 15.9. The molecule has 0 aliphatic heterocycles. The highest BCUT2D eigenvalue weighted by molar-refractivity contribution is 6.06. The van der Waals surface area contributed by atoms with Crippen LogP contribution in [0.15, 0.2) is 23.3 Å². The maximum atomic E-state index is 12.5. The van der Waals surface area contributed by atoms with Crippen LogP contribution in [0.5, 0.6) is 0 Å². The molecular formula is C21H30O4. The molecule has 2 fully saturated rings. The van der Waals surface area contributed by atoms with E-state index in [0.29, 0.717) is 30.9 Å². The molecule has 3 aliphatic rings. The summed E-state index contributed by atoms with van der Waals surface area (Å²) >= 11 is 0. The smallest absolute Gasteiger partial charge is 0.302 e. The lowest BCUT2D eigenvalue weighted by Crippen LogP contribution is -2.56. The number of hydrogen-bond donors (Lipinski definition) is 1. The van der Waals surface area contributed by atoms with Gasteiger partial charge in [0.25, 0.3) is 0 Å². The van der Waals surface area contributed by atoms with Gasteiger partial charge in [0, 0.05) is 12.3 Å². The van der Waals surface area contributed by atoms with Crippen LogP contribution in [0.2, 0.25) is 0 Å². The average Bonchev–Trinajstić information content (AvgIpc) is 2.54. The maximum Gasteiger partial charge on any atom is 0.302 e. The number of carbonyl (C=O) groups is 2. The van der Waals surface area contributed by atoms with Gasteiger partial charge in [0.05, 0.1) is 6.61 Å². The van der Waals surface area contributed by atoms with Gasteiger partial charge in [-0.1, -0.05) is 27.2 Å². The van der Waals surface area contributed by atoms with Crippen molar-refractivity contribution in [3.05, 3.63) is 23.3 Å². The Morgan fingerprint density at radius 1 is 1.32 bits per heavy atom. The third-order valence-corrected chi connectivity index (χ3v) is 6.94. The molecule has 138 valence electrons. The Labute approximate surface area is 150 Å². The lowest BCUT2D eigenvalue weighted by Gasteiger charge is -2.59. The summed E-state index contributed by atoms with van der Waals surface area (Å²) in [5.41, 5.74) is 0.257. The van der Waals surface area contributed by atoms with E-state index in [2.05, 4.69) is 13.8 Å². The molecule has 0 aromatic carbocycles. The summed E-state index contributed by atoms with van der Waals surface area (Å²) in [5, 5.41) is 11.3. The number of carbonyl (C=O) groups excluding carboxylic acids is 2. The first-order valence-electron chi connectivity index (χ1n) is 9.49. The van der Waals surface area contributed by atoms with Crippen molar-refractivity contribution in [3.8, 4) is 0 Å². The molecule has 0 bridgehead atoms. The molecule has 0 heterocycles. The van der Waals surface area contributed by atoms with Crippen molar-refractivity contribution in [2.45, 2.75) is 71.8 Å². The van der Waals surface area contributed by atoms with Crippen LogP contribution in [0.1, 0.15) is 66.2 Å². The molecule has 0 saturated heterocycles. The highest BCUT2D eigenvalue weighted by atomic mass is 16.5. The molecule has 0 spiro atoms. The molecule has 0 amide bonds. The number of hydrogen-bond acceptors (Lipinski definition) is 4. The second-order valence-corrected chi connectivity index (χ2v) is 8.67. The molecule has 0 aromatic rings. The van der Waals surface area contributed by atoms with E-state index in [4.69, 9.17) is 4.74 Å². The minimum atomic E-state index is -0.996. The molecule has 0 radical (unpaired) electrons. The standard InChI is InChI=1S/C21H30O4/c1-5-15-12-21(24)10-7-17-19(3,13-25-14(2)22)8-6-9-20(17,4)18(21)11-16(15)23/h11-12,17,24H,5-10,13H2,1-4H3/t17-,19+,20-,21+/m0/s1. The second kappa shape index (κ2) is 6.08. The molecule has 2 saturated carbocycles. The topological polar surface area (TPSA) is 63.6 Å². The Kier molecular flexibility index (Phi) is 4.47. The summed E-state index contributed by atoms with van der Waals surface area (Å²) in [6.45, 7) is 8.20. The van der Waals surface area contributed by atoms with Gasteiger partial charge in [-0.25, -0.2) is 0 Å². The Hall–Kier alpha value is -1.42. The van der Waals surface area contributed by atoms with Crippen LogP contribution in [0.4, 0.5) is 0 Å². The van der Waals surface area contributed by atoms with Crippen LogP contribution >= 0.6 is 0 Å². The molecule has 4 nitrogen and oxygen atoms in total.